The van der Waals surface area contributed by atoms with E-state index in [9.17, 15) is 0 Å². The zero-order valence-electron chi connectivity index (χ0n) is 14.0. The minimum absolute atomic E-state index is 0. The zero-order valence-corrected chi connectivity index (χ0v) is 18.3. The Hall–Kier alpha value is 1.38. The molecular formula is C17H34I2N2. The van der Waals surface area contributed by atoms with Gasteiger partial charge < -0.3 is 56.9 Å². The van der Waals surface area contributed by atoms with E-state index in [2.05, 4.69) is 14.1 Å². The molecule has 0 aromatic carbocycles. The smallest absolute Gasteiger partial charge is 0.128 e. The molecule has 2 heterocycles. The molecular weight excluding hydrogens is 486 g/mol. The maximum atomic E-state index is 2.55. The molecule has 3 fully saturated rings. The first kappa shape index (κ1) is 20.4. The van der Waals surface area contributed by atoms with Crippen LogP contribution in [-0.4, -0.2) is 62.3 Å². The van der Waals surface area contributed by atoms with E-state index in [1.165, 1.54) is 93.2 Å². The number of quaternary nitrogens is 2. The molecule has 2 saturated heterocycles. The van der Waals surface area contributed by atoms with Gasteiger partial charge in [0.05, 0.1) is 40.3 Å². The lowest BCUT2D eigenvalue weighted by molar-refractivity contribution is -0.961. The van der Waals surface area contributed by atoms with Crippen LogP contribution in [0.15, 0.2) is 0 Å². The van der Waals surface area contributed by atoms with Gasteiger partial charge in [0.1, 0.15) is 13.1 Å². The maximum absolute atomic E-state index is 2.55. The van der Waals surface area contributed by atoms with Gasteiger partial charge in [0, 0.05) is 11.8 Å². The van der Waals surface area contributed by atoms with Crippen LogP contribution in [0.3, 0.4) is 0 Å². The third kappa shape index (κ3) is 5.18. The second-order valence-corrected chi connectivity index (χ2v) is 8.36. The van der Waals surface area contributed by atoms with E-state index in [-0.39, 0.29) is 48.0 Å². The Morgan fingerprint density at radius 1 is 0.667 bits per heavy atom. The SMILES string of the molecule is C[N+]1(CC[N+]2(C)CC3CCCCC3C2)CCCCC1.[I-].[I-]. The average molecular weight is 520 g/mol. The van der Waals surface area contributed by atoms with Crippen LogP contribution in [-0.2, 0) is 0 Å². The molecule has 2 atom stereocenters. The molecule has 0 bridgehead atoms. The summed E-state index contributed by atoms with van der Waals surface area (Å²) in [5, 5.41) is 0. The van der Waals surface area contributed by atoms with E-state index in [0.717, 1.165) is 11.8 Å². The predicted octanol–water partition coefficient (Wildman–Crippen LogP) is -3.11. The van der Waals surface area contributed by atoms with Gasteiger partial charge >= 0.3 is 0 Å². The van der Waals surface area contributed by atoms with Gasteiger partial charge in [0.2, 0.25) is 0 Å². The number of halogens is 2. The van der Waals surface area contributed by atoms with Gasteiger partial charge in [-0.2, -0.15) is 0 Å². The minimum atomic E-state index is 0. The standard InChI is InChI=1S/C17H34N2.2HI/c1-18(10-6-3-7-11-18)12-13-19(2)14-16-8-4-5-9-17(16)15-19;;/h16-17H,3-15H2,1-2H3;2*1H/q+2;;/p-2. The molecule has 0 aromatic heterocycles. The van der Waals surface area contributed by atoms with Crippen molar-refractivity contribution in [3.63, 3.8) is 0 Å². The number of hydrogen-bond acceptors (Lipinski definition) is 0. The summed E-state index contributed by atoms with van der Waals surface area (Å²) in [5.41, 5.74) is 0. The van der Waals surface area contributed by atoms with Crippen LogP contribution in [0.1, 0.15) is 44.9 Å². The Morgan fingerprint density at radius 2 is 1.14 bits per heavy atom. The highest BCUT2D eigenvalue weighted by molar-refractivity contribution is 4.80. The van der Waals surface area contributed by atoms with E-state index >= 15 is 0 Å². The van der Waals surface area contributed by atoms with Crippen LogP contribution >= 0.6 is 0 Å². The highest BCUT2D eigenvalue weighted by atomic mass is 127. The molecule has 3 aliphatic rings. The molecule has 0 radical (unpaired) electrons. The molecule has 2 aliphatic heterocycles. The molecule has 4 heteroatoms. The van der Waals surface area contributed by atoms with E-state index in [1.807, 2.05) is 0 Å². The molecule has 0 spiro atoms. The number of nitrogens with zero attached hydrogens (tertiary/aromatic N) is 2. The molecule has 0 amide bonds. The summed E-state index contributed by atoms with van der Waals surface area (Å²) in [6.45, 7) is 8.72. The fourth-order valence-corrected chi connectivity index (χ4v) is 5.14. The van der Waals surface area contributed by atoms with Crippen molar-refractivity contribution in [2.45, 2.75) is 44.9 Å². The molecule has 2 unspecified atom stereocenters. The van der Waals surface area contributed by atoms with Gasteiger partial charge in [-0.3, -0.25) is 0 Å². The third-order valence-corrected chi connectivity index (χ3v) is 6.49. The highest BCUT2D eigenvalue weighted by Crippen LogP contribution is 2.39. The fraction of sp³-hybridized carbons (Fsp3) is 1.00. The van der Waals surface area contributed by atoms with E-state index in [0.29, 0.717) is 0 Å². The molecule has 1 aliphatic carbocycles. The monoisotopic (exact) mass is 520 g/mol. The summed E-state index contributed by atoms with van der Waals surface area (Å²) in [4.78, 5) is 0. The van der Waals surface area contributed by atoms with Crippen molar-refractivity contribution in [1.82, 2.24) is 0 Å². The molecule has 3 rings (SSSR count). The lowest BCUT2D eigenvalue weighted by Crippen LogP contribution is -3.00. The van der Waals surface area contributed by atoms with Gasteiger partial charge in [0.15, 0.2) is 0 Å². The van der Waals surface area contributed by atoms with Gasteiger partial charge in [-0.1, -0.05) is 12.8 Å². The Balaban J connectivity index is 0.00000110. The predicted molar refractivity (Wildman–Crippen MR) is 80.9 cm³/mol. The number of likely N-dealkylation sites (N-methyl/N-ethyl adjacent to an activating group) is 2. The van der Waals surface area contributed by atoms with Crippen LogP contribution in [0.5, 0.6) is 0 Å². The number of rotatable bonds is 3. The Labute approximate surface area is 166 Å². The molecule has 1 saturated carbocycles. The summed E-state index contributed by atoms with van der Waals surface area (Å²) in [5.74, 6) is 2.15. The summed E-state index contributed by atoms with van der Waals surface area (Å²) in [6.07, 6.45) is 10.5. The number of hydrogen-bond donors (Lipinski definition) is 0. The first-order valence-electron chi connectivity index (χ1n) is 8.76. The van der Waals surface area contributed by atoms with Crippen LogP contribution in [0.25, 0.3) is 0 Å². The van der Waals surface area contributed by atoms with Gasteiger partial charge in [0.25, 0.3) is 0 Å². The number of piperidine rings is 1. The molecule has 21 heavy (non-hydrogen) atoms. The topological polar surface area (TPSA) is 0 Å². The highest BCUT2D eigenvalue weighted by Gasteiger charge is 2.44. The van der Waals surface area contributed by atoms with Gasteiger partial charge in [-0.05, 0) is 32.1 Å². The van der Waals surface area contributed by atoms with Gasteiger partial charge in [-0.15, -0.1) is 0 Å². The van der Waals surface area contributed by atoms with Crippen molar-refractivity contribution >= 4 is 0 Å². The summed E-state index contributed by atoms with van der Waals surface area (Å²) < 4.78 is 2.76. The summed E-state index contributed by atoms with van der Waals surface area (Å²) in [6, 6.07) is 0. The summed E-state index contributed by atoms with van der Waals surface area (Å²) >= 11 is 0. The van der Waals surface area contributed by atoms with E-state index < -0.39 is 0 Å². The summed E-state index contributed by atoms with van der Waals surface area (Å²) in [7, 11) is 5.06. The van der Waals surface area contributed by atoms with Crippen molar-refractivity contribution < 1.29 is 56.9 Å². The van der Waals surface area contributed by atoms with Crippen LogP contribution < -0.4 is 48.0 Å². The largest absolute Gasteiger partial charge is 1.00 e. The Bertz CT molecular complexity index is 302. The van der Waals surface area contributed by atoms with E-state index in [4.69, 9.17) is 0 Å². The van der Waals surface area contributed by atoms with E-state index in [1.54, 1.807) is 0 Å². The minimum Gasteiger partial charge on any atom is -1.00 e. The third-order valence-electron chi connectivity index (χ3n) is 6.49. The van der Waals surface area contributed by atoms with Crippen molar-refractivity contribution in [3.8, 4) is 0 Å². The lowest BCUT2D eigenvalue weighted by atomic mass is 9.82. The second kappa shape index (κ2) is 8.47. The quantitative estimate of drug-likeness (QED) is 0.274. The number of fused-ring (bicyclic) bond motifs is 1. The van der Waals surface area contributed by atoms with Crippen molar-refractivity contribution in [3.05, 3.63) is 0 Å². The number of likely N-dealkylation sites (tertiary alicyclic amines) is 2. The molecule has 126 valence electrons. The second-order valence-electron chi connectivity index (χ2n) is 8.36. The fourth-order valence-electron chi connectivity index (χ4n) is 5.14. The van der Waals surface area contributed by atoms with Crippen molar-refractivity contribution in [2.75, 3.05) is 53.4 Å². The maximum Gasteiger partial charge on any atom is 0.128 e. The first-order chi connectivity index (χ1) is 9.09. The van der Waals surface area contributed by atoms with Crippen LogP contribution in [0.2, 0.25) is 0 Å². The van der Waals surface area contributed by atoms with Crippen molar-refractivity contribution in [2.24, 2.45) is 11.8 Å². The average Bonchev–Trinajstić information content (AvgIpc) is 2.74. The Morgan fingerprint density at radius 3 is 1.67 bits per heavy atom. The molecule has 0 N–H and O–H groups in total. The van der Waals surface area contributed by atoms with Crippen LogP contribution in [0.4, 0.5) is 0 Å². The Kier molecular flexibility index (Phi) is 8.24. The molecule has 0 aromatic rings. The first-order valence-corrected chi connectivity index (χ1v) is 8.76. The van der Waals surface area contributed by atoms with Crippen molar-refractivity contribution in [1.29, 1.82) is 0 Å². The van der Waals surface area contributed by atoms with Gasteiger partial charge in [-0.25, -0.2) is 0 Å². The normalized spacial score (nSPS) is 38.0. The zero-order chi connectivity index (χ0) is 13.3. The van der Waals surface area contributed by atoms with Crippen LogP contribution in [0, 0.1) is 11.8 Å². The lowest BCUT2D eigenvalue weighted by Gasteiger charge is -2.40. The molecule has 2 nitrogen and oxygen atoms in total.